The maximum Gasteiger partial charge on any atom is 0.275 e. The van der Waals surface area contributed by atoms with Gasteiger partial charge < -0.3 is 15.2 Å². The van der Waals surface area contributed by atoms with Crippen molar-refractivity contribution < 1.29 is 18.3 Å². The van der Waals surface area contributed by atoms with Gasteiger partial charge in [0.2, 0.25) is 0 Å². The predicted octanol–water partition coefficient (Wildman–Crippen LogP) is 0.259. The summed E-state index contributed by atoms with van der Waals surface area (Å²) in [4.78, 5) is 12.6. The van der Waals surface area contributed by atoms with Crippen LogP contribution >= 0.6 is 0 Å². The first-order chi connectivity index (χ1) is 12.4. The highest BCUT2D eigenvalue weighted by Gasteiger charge is 2.18. The van der Waals surface area contributed by atoms with E-state index in [2.05, 4.69) is 10.4 Å². The van der Waals surface area contributed by atoms with Gasteiger partial charge in [-0.2, -0.15) is 9.78 Å². The number of sulfone groups is 1. The van der Waals surface area contributed by atoms with Crippen LogP contribution in [0.3, 0.4) is 0 Å². The second kappa shape index (κ2) is 7.56. The molecule has 1 aromatic heterocycles. The summed E-state index contributed by atoms with van der Waals surface area (Å²) in [6, 6.07) is 7.14. The third-order valence-corrected chi connectivity index (χ3v) is 5.34. The molecule has 0 radical (unpaired) electrons. The standard InChI is InChI=1S/C17H21N3O5S/c1-26(23,24)14-4-2-12(3-5-14)20-17(22)10-16(15(11-21)19-20)25-13-6-8-18-9-7-13/h2-5,10,13,18,21H,6-9,11H2,1H3. The first kappa shape index (κ1) is 18.6. The summed E-state index contributed by atoms with van der Waals surface area (Å²) in [7, 11) is -3.32. The third-order valence-electron chi connectivity index (χ3n) is 4.21. The average Bonchev–Trinajstić information content (AvgIpc) is 2.62. The second-order valence-electron chi connectivity index (χ2n) is 6.20. The number of aromatic nitrogens is 2. The van der Waals surface area contributed by atoms with E-state index < -0.39 is 15.4 Å². The number of ether oxygens (including phenoxy) is 1. The molecule has 8 nitrogen and oxygen atoms in total. The number of hydrogen-bond acceptors (Lipinski definition) is 7. The van der Waals surface area contributed by atoms with Gasteiger partial charge in [-0.1, -0.05) is 0 Å². The number of benzene rings is 1. The van der Waals surface area contributed by atoms with Crippen molar-refractivity contribution in [2.75, 3.05) is 19.3 Å². The Hall–Kier alpha value is -2.23. The lowest BCUT2D eigenvalue weighted by Gasteiger charge is -2.24. The van der Waals surface area contributed by atoms with E-state index in [-0.39, 0.29) is 29.0 Å². The summed E-state index contributed by atoms with van der Waals surface area (Å²) < 4.78 is 30.1. The summed E-state index contributed by atoms with van der Waals surface area (Å²) in [5.41, 5.74) is 0.249. The normalized spacial score (nSPS) is 15.8. The largest absolute Gasteiger partial charge is 0.488 e. The van der Waals surface area contributed by atoms with Crippen LogP contribution in [-0.2, 0) is 16.4 Å². The number of hydrogen-bond donors (Lipinski definition) is 2. The zero-order chi connectivity index (χ0) is 18.7. The highest BCUT2D eigenvalue weighted by Crippen LogP contribution is 2.20. The Bertz CT molecular complexity index is 932. The fourth-order valence-electron chi connectivity index (χ4n) is 2.80. The van der Waals surface area contributed by atoms with E-state index in [9.17, 15) is 18.3 Å². The third kappa shape index (κ3) is 4.12. The molecule has 2 heterocycles. The van der Waals surface area contributed by atoms with Gasteiger partial charge >= 0.3 is 0 Å². The minimum Gasteiger partial charge on any atom is -0.488 e. The Kier molecular flexibility index (Phi) is 5.40. The molecule has 1 aliphatic heterocycles. The molecule has 0 amide bonds. The lowest BCUT2D eigenvalue weighted by Crippen LogP contribution is -2.35. The molecule has 0 spiro atoms. The van der Waals surface area contributed by atoms with Crippen molar-refractivity contribution in [1.29, 1.82) is 0 Å². The van der Waals surface area contributed by atoms with Crippen LogP contribution in [0.1, 0.15) is 18.5 Å². The highest BCUT2D eigenvalue weighted by molar-refractivity contribution is 7.90. The van der Waals surface area contributed by atoms with Gasteiger partial charge in [0, 0.05) is 12.3 Å². The summed E-state index contributed by atoms with van der Waals surface area (Å²) in [6.45, 7) is 1.31. The van der Waals surface area contributed by atoms with Crippen molar-refractivity contribution in [3.05, 3.63) is 46.4 Å². The van der Waals surface area contributed by atoms with Gasteiger partial charge in [0.05, 0.1) is 17.2 Å². The van der Waals surface area contributed by atoms with E-state index >= 15 is 0 Å². The number of nitrogens with zero attached hydrogens (tertiary/aromatic N) is 2. The van der Waals surface area contributed by atoms with Crippen molar-refractivity contribution in [1.82, 2.24) is 15.1 Å². The van der Waals surface area contributed by atoms with Crippen LogP contribution in [0, 0.1) is 0 Å². The van der Waals surface area contributed by atoms with Crippen molar-refractivity contribution in [2.24, 2.45) is 0 Å². The zero-order valence-electron chi connectivity index (χ0n) is 14.4. The minimum atomic E-state index is -3.32. The quantitative estimate of drug-likeness (QED) is 0.767. The molecule has 140 valence electrons. The molecule has 0 saturated carbocycles. The lowest BCUT2D eigenvalue weighted by atomic mass is 10.1. The summed E-state index contributed by atoms with van der Waals surface area (Å²) >= 11 is 0. The topological polar surface area (TPSA) is 111 Å². The molecule has 1 aromatic carbocycles. The Morgan fingerprint density at radius 2 is 1.92 bits per heavy atom. The maximum absolute atomic E-state index is 12.4. The van der Waals surface area contributed by atoms with E-state index in [1.807, 2.05) is 0 Å². The summed E-state index contributed by atoms with van der Waals surface area (Å²) in [5, 5.41) is 17.0. The minimum absolute atomic E-state index is 0.0207. The van der Waals surface area contributed by atoms with Gasteiger partial charge in [-0.15, -0.1) is 0 Å². The van der Waals surface area contributed by atoms with Crippen LogP contribution in [0.4, 0.5) is 0 Å². The van der Waals surface area contributed by atoms with Crippen LogP contribution < -0.4 is 15.6 Å². The van der Waals surface area contributed by atoms with Gasteiger partial charge in [-0.3, -0.25) is 4.79 Å². The van der Waals surface area contributed by atoms with Crippen molar-refractivity contribution >= 4 is 9.84 Å². The number of aliphatic hydroxyl groups is 1. The van der Waals surface area contributed by atoms with E-state index in [0.717, 1.165) is 36.9 Å². The molecular weight excluding hydrogens is 358 g/mol. The van der Waals surface area contributed by atoms with Gasteiger partial charge in [0.25, 0.3) is 5.56 Å². The lowest BCUT2D eigenvalue weighted by molar-refractivity contribution is 0.154. The molecule has 0 unspecified atom stereocenters. The van der Waals surface area contributed by atoms with E-state index in [1.165, 1.54) is 30.3 Å². The number of nitrogens with one attached hydrogen (secondary N) is 1. The molecule has 1 fully saturated rings. The van der Waals surface area contributed by atoms with Crippen LogP contribution in [0.2, 0.25) is 0 Å². The number of rotatable bonds is 5. The molecule has 0 aliphatic carbocycles. The molecule has 0 atom stereocenters. The fraction of sp³-hybridized carbons (Fsp3) is 0.412. The van der Waals surface area contributed by atoms with Crippen LogP contribution in [0.25, 0.3) is 5.69 Å². The number of piperidine rings is 1. The average molecular weight is 379 g/mol. The molecule has 1 saturated heterocycles. The Labute approximate surface area is 151 Å². The first-order valence-electron chi connectivity index (χ1n) is 8.30. The second-order valence-corrected chi connectivity index (χ2v) is 8.21. The van der Waals surface area contributed by atoms with Crippen LogP contribution in [0.5, 0.6) is 5.75 Å². The summed E-state index contributed by atoms with van der Waals surface area (Å²) in [5.74, 6) is 0.286. The molecule has 3 rings (SSSR count). The molecule has 9 heteroatoms. The highest BCUT2D eigenvalue weighted by atomic mass is 32.2. The summed E-state index contributed by atoms with van der Waals surface area (Å²) in [6.07, 6.45) is 2.73. The fourth-order valence-corrected chi connectivity index (χ4v) is 3.43. The van der Waals surface area contributed by atoms with Gasteiger partial charge in [-0.25, -0.2) is 8.42 Å². The van der Waals surface area contributed by atoms with Gasteiger partial charge in [0.15, 0.2) is 15.6 Å². The first-order valence-corrected chi connectivity index (χ1v) is 10.2. The Morgan fingerprint density at radius 3 is 2.50 bits per heavy atom. The number of aliphatic hydroxyl groups excluding tert-OH is 1. The predicted molar refractivity (Wildman–Crippen MR) is 95.4 cm³/mol. The molecule has 2 aromatic rings. The van der Waals surface area contributed by atoms with E-state index in [4.69, 9.17) is 4.74 Å². The molecule has 2 N–H and O–H groups in total. The van der Waals surface area contributed by atoms with Crippen molar-refractivity contribution in [3.8, 4) is 11.4 Å². The van der Waals surface area contributed by atoms with Crippen molar-refractivity contribution in [2.45, 2.75) is 30.4 Å². The van der Waals surface area contributed by atoms with Gasteiger partial charge in [-0.05, 0) is 50.2 Å². The van der Waals surface area contributed by atoms with Gasteiger partial charge in [0.1, 0.15) is 11.8 Å². The monoisotopic (exact) mass is 379 g/mol. The van der Waals surface area contributed by atoms with E-state index in [1.54, 1.807) is 0 Å². The SMILES string of the molecule is CS(=O)(=O)c1ccc(-n2nc(CO)c(OC3CCNCC3)cc2=O)cc1. The van der Waals surface area contributed by atoms with Crippen LogP contribution in [0.15, 0.2) is 40.0 Å². The Balaban J connectivity index is 1.92. The van der Waals surface area contributed by atoms with Crippen molar-refractivity contribution in [3.63, 3.8) is 0 Å². The van der Waals surface area contributed by atoms with Crippen LogP contribution in [-0.4, -0.2) is 48.8 Å². The Morgan fingerprint density at radius 1 is 1.27 bits per heavy atom. The maximum atomic E-state index is 12.4. The molecule has 1 aliphatic rings. The molecule has 0 bridgehead atoms. The zero-order valence-corrected chi connectivity index (χ0v) is 15.2. The molecular formula is C17H21N3O5S. The molecule has 26 heavy (non-hydrogen) atoms. The smallest absolute Gasteiger partial charge is 0.275 e. The van der Waals surface area contributed by atoms with E-state index in [0.29, 0.717) is 5.69 Å².